The monoisotopic (exact) mass is 207 g/mol. The first-order chi connectivity index (χ1) is 7.00. The average molecular weight is 207 g/mol. The number of allylic oxidation sites excluding steroid dienone is 3. The predicted molar refractivity (Wildman–Crippen MR) is 63.5 cm³/mol. The second-order valence-electron chi connectivity index (χ2n) is 4.70. The number of carbonyl (C=O) groups excluding carboxylic acids is 1. The van der Waals surface area contributed by atoms with Crippen molar-refractivity contribution < 1.29 is 4.79 Å². The molecule has 2 heteroatoms. The van der Waals surface area contributed by atoms with Gasteiger partial charge in [-0.1, -0.05) is 26.0 Å². The minimum absolute atomic E-state index is 0.0938. The number of hydrogen-bond acceptors (Lipinski definition) is 1. The summed E-state index contributed by atoms with van der Waals surface area (Å²) in [5.74, 6) is 0.600. The van der Waals surface area contributed by atoms with E-state index in [2.05, 4.69) is 25.2 Å². The van der Waals surface area contributed by atoms with Crippen molar-refractivity contribution in [1.29, 1.82) is 0 Å². The normalized spacial score (nSPS) is 16.4. The van der Waals surface area contributed by atoms with Gasteiger partial charge in [-0.25, -0.2) is 0 Å². The Morgan fingerprint density at radius 2 is 2.00 bits per heavy atom. The van der Waals surface area contributed by atoms with Gasteiger partial charge >= 0.3 is 0 Å². The number of nitrogens with one attached hydrogen (secondary N) is 1. The first-order valence-electron chi connectivity index (χ1n) is 5.72. The molecule has 1 N–H and O–H groups in total. The van der Waals surface area contributed by atoms with Crippen LogP contribution in [0.1, 0.15) is 40.5 Å². The molecule has 0 aromatic heterocycles. The molecule has 1 aliphatic carbocycles. The van der Waals surface area contributed by atoms with E-state index in [1.54, 1.807) is 0 Å². The maximum atomic E-state index is 11.8. The van der Waals surface area contributed by atoms with Gasteiger partial charge in [-0.2, -0.15) is 0 Å². The van der Waals surface area contributed by atoms with Crippen LogP contribution in [0.2, 0.25) is 0 Å². The van der Waals surface area contributed by atoms with Crippen molar-refractivity contribution in [3.8, 4) is 0 Å². The Morgan fingerprint density at radius 1 is 1.33 bits per heavy atom. The molecule has 84 valence electrons. The Balaban J connectivity index is 2.71. The third-order valence-corrected chi connectivity index (χ3v) is 2.51. The van der Waals surface area contributed by atoms with Gasteiger partial charge < -0.3 is 5.32 Å². The summed E-state index contributed by atoms with van der Waals surface area (Å²) in [6.07, 6.45) is 6.14. The van der Waals surface area contributed by atoms with Gasteiger partial charge in [0.2, 0.25) is 5.91 Å². The second kappa shape index (κ2) is 5.15. The topological polar surface area (TPSA) is 29.1 Å². The summed E-state index contributed by atoms with van der Waals surface area (Å²) in [5, 5.41) is 2.94. The van der Waals surface area contributed by atoms with E-state index in [9.17, 15) is 4.79 Å². The molecule has 0 atom stereocenters. The summed E-state index contributed by atoms with van der Waals surface area (Å²) in [6.45, 7) is 8.29. The Kier molecular flexibility index (Phi) is 4.13. The van der Waals surface area contributed by atoms with Crippen LogP contribution in [0.5, 0.6) is 0 Å². The lowest BCUT2D eigenvalue weighted by atomic mass is 9.92. The third-order valence-electron chi connectivity index (χ3n) is 2.51. The highest BCUT2D eigenvalue weighted by Gasteiger charge is 2.14. The quantitative estimate of drug-likeness (QED) is 0.757. The summed E-state index contributed by atoms with van der Waals surface area (Å²) < 4.78 is 0. The molecule has 0 fully saturated rings. The highest BCUT2D eigenvalue weighted by atomic mass is 16.1. The maximum absolute atomic E-state index is 11.8. The van der Waals surface area contributed by atoms with E-state index in [1.165, 1.54) is 5.57 Å². The van der Waals surface area contributed by atoms with Crippen molar-refractivity contribution in [2.24, 2.45) is 5.92 Å². The molecule has 0 bridgehead atoms. The fourth-order valence-corrected chi connectivity index (χ4v) is 1.66. The second-order valence-corrected chi connectivity index (χ2v) is 4.70. The molecular formula is C13H21NO. The van der Waals surface area contributed by atoms with E-state index in [0.717, 1.165) is 18.4 Å². The van der Waals surface area contributed by atoms with E-state index >= 15 is 0 Å². The van der Waals surface area contributed by atoms with Gasteiger partial charge in [-0.05, 0) is 38.2 Å². The van der Waals surface area contributed by atoms with Gasteiger partial charge in [0, 0.05) is 11.6 Å². The fraction of sp³-hybridized carbons (Fsp3) is 0.615. The summed E-state index contributed by atoms with van der Waals surface area (Å²) in [6, 6.07) is 0.215. The molecule has 0 spiro atoms. The van der Waals surface area contributed by atoms with Gasteiger partial charge in [0.05, 0.1) is 0 Å². The van der Waals surface area contributed by atoms with E-state index in [4.69, 9.17) is 0 Å². The lowest BCUT2D eigenvalue weighted by Gasteiger charge is -2.17. The molecule has 0 saturated carbocycles. The zero-order chi connectivity index (χ0) is 11.4. The number of rotatable bonds is 3. The maximum Gasteiger partial charge on any atom is 0.247 e. The lowest BCUT2D eigenvalue weighted by Crippen LogP contribution is -2.31. The minimum Gasteiger partial charge on any atom is -0.350 e. The Labute approximate surface area is 92.4 Å². The molecule has 2 nitrogen and oxygen atoms in total. The van der Waals surface area contributed by atoms with Gasteiger partial charge in [0.25, 0.3) is 0 Å². The van der Waals surface area contributed by atoms with Crippen LogP contribution in [0.3, 0.4) is 0 Å². The standard InChI is InChI=1S/C13H21NO/c1-9(2)11-6-5-7-12(8-11)13(15)14-10(3)4/h6,8-10H,5,7H2,1-4H3,(H,14,15). The molecule has 1 aliphatic rings. The van der Waals surface area contributed by atoms with Crippen LogP contribution >= 0.6 is 0 Å². The molecular weight excluding hydrogens is 186 g/mol. The number of amides is 1. The molecule has 0 saturated heterocycles. The predicted octanol–water partition coefficient (Wildman–Crippen LogP) is 2.81. The smallest absolute Gasteiger partial charge is 0.247 e. The van der Waals surface area contributed by atoms with E-state index in [0.29, 0.717) is 5.92 Å². The molecule has 15 heavy (non-hydrogen) atoms. The molecule has 1 amide bonds. The van der Waals surface area contributed by atoms with E-state index in [1.807, 2.05) is 19.9 Å². The zero-order valence-electron chi connectivity index (χ0n) is 10.1. The van der Waals surface area contributed by atoms with Crippen LogP contribution in [0.25, 0.3) is 0 Å². The summed E-state index contributed by atoms with van der Waals surface area (Å²) in [4.78, 5) is 11.8. The van der Waals surface area contributed by atoms with Crippen LogP contribution in [0, 0.1) is 5.92 Å². The molecule has 0 aromatic carbocycles. The van der Waals surface area contributed by atoms with Crippen LogP contribution < -0.4 is 5.32 Å². The highest BCUT2D eigenvalue weighted by Crippen LogP contribution is 2.22. The lowest BCUT2D eigenvalue weighted by molar-refractivity contribution is -0.118. The van der Waals surface area contributed by atoms with Crippen molar-refractivity contribution >= 4 is 5.91 Å². The van der Waals surface area contributed by atoms with Crippen LogP contribution in [-0.4, -0.2) is 11.9 Å². The largest absolute Gasteiger partial charge is 0.350 e. The summed E-state index contributed by atoms with van der Waals surface area (Å²) in [5.41, 5.74) is 2.21. The summed E-state index contributed by atoms with van der Waals surface area (Å²) >= 11 is 0. The van der Waals surface area contributed by atoms with Crippen LogP contribution in [0.15, 0.2) is 23.3 Å². The first-order valence-corrected chi connectivity index (χ1v) is 5.72. The molecule has 0 unspecified atom stereocenters. The Hall–Kier alpha value is -1.05. The fourth-order valence-electron chi connectivity index (χ4n) is 1.66. The third kappa shape index (κ3) is 3.54. The van der Waals surface area contributed by atoms with E-state index < -0.39 is 0 Å². The number of hydrogen-bond donors (Lipinski definition) is 1. The van der Waals surface area contributed by atoms with Crippen molar-refractivity contribution in [3.05, 3.63) is 23.3 Å². The first kappa shape index (κ1) is 12.0. The Morgan fingerprint density at radius 3 is 2.53 bits per heavy atom. The zero-order valence-corrected chi connectivity index (χ0v) is 10.1. The van der Waals surface area contributed by atoms with Crippen molar-refractivity contribution in [2.75, 3.05) is 0 Å². The molecule has 0 aliphatic heterocycles. The summed E-state index contributed by atoms with van der Waals surface area (Å²) in [7, 11) is 0. The van der Waals surface area contributed by atoms with Crippen LogP contribution in [-0.2, 0) is 4.79 Å². The molecule has 0 radical (unpaired) electrons. The molecule has 1 rings (SSSR count). The van der Waals surface area contributed by atoms with Crippen molar-refractivity contribution in [2.45, 2.75) is 46.6 Å². The SMILES string of the molecule is CC(C)NC(=O)C1=CC(C(C)C)=CCC1. The van der Waals surface area contributed by atoms with Gasteiger partial charge in [-0.3, -0.25) is 4.79 Å². The van der Waals surface area contributed by atoms with Gasteiger partial charge in [0.1, 0.15) is 0 Å². The average Bonchev–Trinajstić information content (AvgIpc) is 2.17. The van der Waals surface area contributed by atoms with E-state index in [-0.39, 0.29) is 11.9 Å². The van der Waals surface area contributed by atoms with Crippen molar-refractivity contribution in [3.63, 3.8) is 0 Å². The Bertz CT molecular complexity index is 298. The molecule has 0 aromatic rings. The minimum atomic E-state index is 0.0938. The highest BCUT2D eigenvalue weighted by molar-refractivity contribution is 5.94. The van der Waals surface area contributed by atoms with Gasteiger partial charge in [-0.15, -0.1) is 0 Å². The number of carbonyl (C=O) groups is 1. The van der Waals surface area contributed by atoms with Gasteiger partial charge in [0.15, 0.2) is 0 Å². The molecule has 0 heterocycles. The van der Waals surface area contributed by atoms with Crippen molar-refractivity contribution in [1.82, 2.24) is 5.32 Å². The van der Waals surface area contributed by atoms with Crippen LogP contribution in [0.4, 0.5) is 0 Å².